The van der Waals surface area contributed by atoms with Crippen LogP contribution in [-0.4, -0.2) is 9.97 Å². The molecule has 0 amide bonds. The molecule has 0 N–H and O–H groups in total. The van der Waals surface area contributed by atoms with E-state index in [9.17, 15) is 0 Å². The Morgan fingerprint density at radius 2 is 2.03 bits per heavy atom. The minimum Gasteiger partial charge on any atom is -0.256 e. The molecule has 0 aliphatic heterocycles. The Hall–Kier alpha value is -2.26. The summed E-state index contributed by atoms with van der Waals surface area (Å²) in [6.07, 6.45) is 5.65. The highest BCUT2D eigenvalue weighted by Crippen LogP contribution is 2.46. The molecule has 152 valence electrons. The van der Waals surface area contributed by atoms with Gasteiger partial charge >= 0.3 is 0 Å². The molecular formula is C27H28N2S. The fraction of sp³-hybridized carbons (Fsp3) is 0.407. The van der Waals surface area contributed by atoms with Crippen LogP contribution >= 0.6 is 11.3 Å². The molecule has 3 fully saturated rings. The number of rotatable bonds is 3. The molecule has 0 radical (unpaired) electrons. The van der Waals surface area contributed by atoms with E-state index < -0.39 is 20.1 Å². The maximum absolute atomic E-state index is 9.13. The van der Waals surface area contributed by atoms with E-state index in [1.165, 1.54) is 30.2 Å². The van der Waals surface area contributed by atoms with Crippen molar-refractivity contribution in [1.29, 1.82) is 0 Å². The highest BCUT2D eigenvalue weighted by atomic mass is 32.1. The lowest BCUT2D eigenvalue weighted by Gasteiger charge is -2.42. The third kappa shape index (κ3) is 3.06. The van der Waals surface area contributed by atoms with Gasteiger partial charge in [-0.15, -0.1) is 11.3 Å². The van der Waals surface area contributed by atoms with Gasteiger partial charge in [-0.1, -0.05) is 25.0 Å². The Balaban J connectivity index is 1.51. The number of aromatic nitrogens is 2. The predicted molar refractivity (Wildman–Crippen MR) is 127 cm³/mol. The van der Waals surface area contributed by atoms with Gasteiger partial charge in [0.2, 0.25) is 0 Å². The third-order valence-electron chi connectivity index (χ3n) is 6.92. The van der Waals surface area contributed by atoms with Crippen molar-refractivity contribution in [3.63, 3.8) is 0 Å². The van der Waals surface area contributed by atoms with Crippen LogP contribution in [0.4, 0.5) is 0 Å². The molecular weight excluding hydrogens is 384 g/mol. The summed E-state index contributed by atoms with van der Waals surface area (Å²) in [6.45, 7) is -4.75. The average Bonchev–Trinajstić information content (AvgIpc) is 3.26. The highest BCUT2D eigenvalue weighted by molar-refractivity contribution is 7.26. The summed E-state index contributed by atoms with van der Waals surface area (Å²) >= 11 is 1.25. The maximum Gasteiger partial charge on any atom is 0.124 e. The van der Waals surface area contributed by atoms with Crippen molar-refractivity contribution in [3.8, 4) is 11.3 Å². The Morgan fingerprint density at radius 1 is 1.10 bits per heavy atom. The van der Waals surface area contributed by atoms with Crippen LogP contribution in [0.3, 0.4) is 0 Å². The number of aryl methyl sites for hydroxylation is 2. The second-order valence-electron chi connectivity index (χ2n) is 8.71. The summed E-state index contributed by atoms with van der Waals surface area (Å²) in [5.41, 5.74) is 1.99. The van der Waals surface area contributed by atoms with Crippen molar-refractivity contribution in [2.75, 3.05) is 0 Å². The van der Waals surface area contributed by atoms with E-state index >= 15 is 0 Å². The first-order valence-electron chi connectivity index (χ1n) is 14.7. The van der Waals surface area contributed by atoms with Gasteiger partial charge < -0.3 is 0 Å². The molecule has 2 nitrogen and oxygen atoms in total. The number of hydrogen-bond donors (Lipinski definition) is 0. The maximum atomic E-state index is 9.13. The normalized spacial score (nSPS) is 28.7. The first kappa shape index (κ1) is 12.0. The zero-order valence-corrected chi connectivity index (χ0v) is 17.4. The molecule has 3 saturated carbocycles. The van der Waals surface area contributed by atoms with E-state index in [2.05, 4.69) is 9.97 Å². The predicted octanol–water partition coefficient (Wildman–Crippen LogP) is 7.50. The van der Waals surface area contributed by atoms with Crippen LogP contribution in [0.2, 0.25) is 0 Å². The molecule has 3 aromatic heterocycles. The molecule has 3 aliphatic rings. The number of pyridine rings is 2. The fourth-order valence-corrected chi connectivity index (χ4v) is 6.62. The quantitative estimate of drug-likeness (QED) is 0.343. The fourth-order valence-electron chi connectivity index (χ4n) is 5.40. The minimum atomic E-state index is -2.37. The second kappa shape index (κ2) is 7.16. The van der Waals surface area contributed by atoms with Gasteiger partial charge in [-0.3, -0.25) is 4.98 Å². The molecule has 3 aliphatic carbocycles. The molecule has 2 bridgehead atoms. The van der Waals surface area contributed by atoms with Crippen LogP contribution in [0.5, 0.6) is 0 Å². The Morgan fingerprint density at radius 3 is 2.83 bits per heavy atom. The van der Waals surface area contributed by atoms with Crippen molar-refractivity contribution >= 4 is 31.6 Å². The largest absolute Gasteiger partial charge is 0.256 e. The zero-order valence-electron chi connectivity index (χ0n) is 24.6. The molecule has 1 aromatic carbocycles. The van der Waals surface area contributed by atoms with Crippen molar-refractivity contribution in [1.82, 2.24) is 9.97 Å². The topological polar surface area (TPSA) is 25.8 Å². The monoisotopic (exact) mass is 420 g/mol. The number of nitrogens with zero attached hydrogens (tertiary/aromatic N) is 2. The van der Waals surface area contributed by atoms with E-state index in [4.69, 9.17) is 11.0 Å². The molecule has 3 heteroatoms. The van der Waals surface area contributed by atoms with Gasteiger partial charge in [0.25, 0.3) is 0 Å². The van der Waals surface area contributed by atoms with Crippen LogP contribution in [0.15, 0.2) is 42.6 Å². The average molecular weight is 421 g/mol. The smallest absolute Gasteiger partial charge is 0.124 e. The van der Waals surface area contributed by atoms with E-state index in [0.717, 1.165) is 19.3 Å². The third-order valence-corrected chi connectivity index (χ3v) is 8.05. The first-order valence-corrected chi connectivity index (χ1v) is 11.5. The summed E-state index contributed by atoms with van der Waals surface area (Å²) in [5.74, 6) is 0.993. The number of thiophene rings is 1. The second-order valence-corrected chi connectivity index (χ2v) is 9.71. The van der Waals surface area contributed by atoms with Gasteiger partial charge in [0.15, 0.2) is 0 Å². The van der Waals surface area contributed by atoms with Crippen molar-refractivity contribution in [2.24, 2.45) is 17.8 Å². The minimum absolute atomic E-state index is 0.0185. The van der Waals surface area contributed by atoms with Crippen molar-refractivity contribution < 1.29 is 11.0 Å². The molecule has 0 spiro atoms. The Labute approximate surface area is 193 Å². The van der Waals surface area contributed by atoms with Crippen LogP contribution in [0.25, 0.3) is 31.6 Å². The van der Waals surface area contributed by atoms with Gasteiger partial charge in [0, 0.05) is 43.9 Å². The molecule has 1 atom stereocenters. The Bertz CT molecular complexity index is 1530. The number of benzene rings is 1. The first-order chi connectivity index (χ1) is 17.8. The van der Waals surface area contributed by atoms with Crippen LogP contribution in [0.1, 0.15) is 59.9 Å². The van der Waals surface area contributed by atoms with E-state index in [-0.39, 0.29) is 17.2 Å². The molecule has 0 saturated heterocycles. The molecule has 7 rings (SSSR count). The van der Waals surface area contributed by atoms with Gasteiger partial charge in [-0.05, 0) is 92.5 Å². The van der Waals surface area contributed by atoms with Crippen LogP contribution in [0, 0.1) is 31.5 Å². The Kier molecular flexibility index (Phi) is 2.85. The van der Waals surface area contributed by atoms with E-state index in [0.29, 0.717) is 49.0 Å². The van der Waals surface area contributed by atoms with Crippen LogP contribution < -0.4 is 0 Å². The van der Waals surface area contributed by atoms with Gasteiger partial charge in [-0.25, -0.2) is 4.98 Å². The van der Waals surface area contributed by atoms with E-state index in [1.54, 1.807) is 36.5 Å². The lowest BCUT2D eigenvalue weighted by atomic mass is 9.63. The lowest BCUT2D eigenvalue weighted by Crippen LogP contribution is -2.32. The summed E-state index contributed by atoms with van der Waals surface area (Å²) < 4.78 is 66.5. The number of fused-ring (bicyclic) bond motifs is 6. The molecule has 4 aromatic rings. The van der Waals surface area contributed by atoms with Gasteiger partial charge in [-0.2, -0.15) is 0 Å². The summed E-state index contributed by atoms with van der Waals surface area (Å²) in [5, 5.41) is 1.11. The van der Waals surface area contributed by atoms with Gasteiger partial charge in [0.1, 0.15) is 4.83 Å². The zero-order chi connectivity index (χ0) is 27.0. The van der Waals surface area contributed by atoms with Crippen LogP contribution in [-0.2, 0) is 6.37 Å². The summed E-state index contributed by atoms with van der Waals surface area (Å²) in [7, 11) is 0. The molecule has 3 heterocycles. The highest BCUT2D eigenvalue weighted by Gasteiger charge is 2.35. The SMILES string of the molecule is [2H]C([2H])([2H])c1ccc2c(n1)sc1c(-c3cc(C([2H])([2H])C4CC5CCC4CC5)ccn3)ccc(C([2H])([2H])[2H])c12. The standard InChI is InChI=1S/C27H28N2S/c1-16-3-9-22(26-25(16)23-10-4-17(2)29-27(23)30-26)24-15-19(11-12-28-24)14-21-13-18-5-7-20(21)8-6-18/h3-4,9-12,15,18,20-21H,5-8,13-14H2,1-2H3/i1D3,2D3,14D2. The van der Waals surface area contributed by atoms with Crippen molar-refractivity contribution in [3.05, 3.63) is 59.4 Å². The van der Waals surface area contributed by atoms with E-state index in [1.807, 2.05) is 0 Å². The van der Waals surface area contributed by atoms with Crippen molar-refractivity contribution in [2.45, 2.75) is 52.2 Å². The molecule has 1 unspecified atom stereocenters. The summed E-state index contributed by atoms with van der Waals surface area (Å²) in [6, 6.07) is 9.95. The summed E-state index contributed by atoms with van der Waals surface area (Å²) in [4.78, 5) is 9.40. The lowest BCUT2D eigenvalue weighted by molar-refractivity contribution is 0.0991. The van der Waals surface area contributed by atoms with Gasteiger partial charge in [0.05, 0.1) is 5.69 Å². The number of hydrogen-bond acceptors (Lipinski definition) is 3. The molecule has 30 heavy (non-hydrogen) atoms.